The molecule has 1 unspecified atom stereocenters. The van der Waals surface area contributed by atoms with Gasteiger partial charge in [-0.1, -0.05) is 27.2 Å². The van der Waals surface area contributed by atoms with Crippen LogP contribution in [0.5, 0.6) is 0 Å². The van der Waals surface area contributed by atoms with Gasteiger partial charge in [-0.05, 0) is 25.4 Å². The van der Waals surface area contributed by atoms with Crippen LogP contribution < -0.4 is 10.6 Å². The third-order valence-electron chi connectivity index (χ3n) is 2.24. The molecule has 0 aromatic rings. The Bertz CT molecular complexity index is 83.9. The molecule has 0 saturated carbocycles. The Morgan fingerprint density at radius 1 is 1.00 bits per heavy atom. The van der Waals surface area contributed by atoms with Gasteiger partial charge in [0.2, 0.25) is 0 Å². The van der Waals surface area contributed by atoms with Gasteiger partial charge in [0, 0.05) is 13.1 Å². The fourth-order valence-corrected chi connectivity index (χ4v) is 1.03. The lowest BCUT2D eigenvalue weighted by Gasteiger charge is -2.09. The molecular weight excluding hydrogens is 148 g/mol. The van der Waals surface area contributed by atoms with E-state index in [9.17, 15) is 0 Å². The van der Waals surface area contributed by atoms with Crippen molar-refractivity contribution in [1.29, 1.82) is 0 Å². The summed E-state index contributed by atoms with van der Waals surface area (Å²) >= 11 is 0. The molecule has 0 aromatic heterocycles. The minimum Gasteiger partial charge on any atom is -0.316 e. The van der Waals surface area contributed by atoms with E-state index in [1.54, 1.807) is 0 Å². The van der Waals surface area contributed by atoms with Crippen molar-refractivity contribution in [2.24, 2.45) is 5.92 Å². The maximum Gasteiger partial charge on any atom is 0.00767 e. The third-order valence-corrected chi connectivity index (χ3v) is 2.24. The zero-order chi connectivity index (χ0) is 9.23. The number of hydrogen-bond donors (Lipinski definition) is 2. The van der Waals surface area contributed by atoms with E-state index in [1.807, 2.05) is 0 Å². The zero-order valence-electron chi connectivity index (χ0n) is 8.82. The fourth-order valence-electron chi connectivity index (χ4n) is 1.03. The lowest BCUT2D eigenvalue weighted by Crippen LogP contribution is -2.28. The Balaban J connectivity index is 2.90. The van der Waals surface area contributed by atoms with E-state index in [2.05, 4.69) is 31.4 Å². The molecule has 1 atom stereocenters. The normalized spacial score (nSPS) is 13.2. The minimum atomic E-state index is 0.872. The van der Waals surface area contributed by atoms with Gasteiger partial charge in [-0.25, -0.2) is 0 Å². The summed E-state index contributed by atoms with van der Waals surface area (Å²) in [6, 6.07) is 0. The van der Waals surface area contributed by atoms with E-state index in [4.69, 9.17) is 0 Å². The monoisotopic (exact) mass is 172 g/mol. The van der Waals surface area contributed by atoms with Crippen LogP contribution in [0.15, 0.2) is 0 Å². The van der Waals surface area contributed by atoms with Crippen molar-refractivity contribution in [1.82, 2.24) is 10.6 Å². The molecule has 0 radical (unpaired) electrons. The molecule has 0 aliphatic carbocycles. The molecule has 2 heteroatoms. The average Bonchev–Trinajstić information content (AvgIpc) is 2.10. The highest BCUT2D eigenvalue weighted by Crippen LogP contribution is 2.03. The van der Waals surface area contributed by atoms with Crippen molar-refractivity contribution < 1.29 is 0 Å². The van der Waals surface area contributed by atoms with Crippen molar-refractivity contribution in [3.63, 3.8) is 0 Å². The Labute approximate surface area is 77.1 Å². The second-order valence-electron chi connectivity index (χ2n) is 3.41. The Morgan fingerprint density at radius 2 is 1.67 bits per heavy atom. The SMILES string of the molecule is CCNCCNCCC(C)CC. The topological polar surface area (TPSA) is 24.1 Å². The molecule has 0 amide bonds. The van der Waals surface area contributed by atoms with Gasteiger partial charge >= 0.3 is 0 Å². The summed E-state index contributed by atoms with van der Waals surface area (Å²) in [5, 5.41) is 6.71. The predicted molar refractivity (Wildman–Crippen MR) is 55.5 cm³/mol. The summed E-state index contributed by atoms with van der Waals surface area (Å²) in [7, 11) is 0. The molecule has 0 heterocycles. The average molecular weight is 172 g/mol. The molecule has 0 fully saturated rings. The molecule has 74 valence electrons. The standard InChI is InChI=1S/C10H24N2/c1-4-10(3)6-7-12-9-8-11-5-2/h10-12H,4-9H2,1-3H3. The van der Waals surface area contributed by atoms with Gasteiger partial charge in [-0.15, -0.1) is 0 Å². The summed E-state index contributed by atoms with van der Waals surface area (Å²) in [5.41, 5.74) is 0. The Hall–Kier alpha value is -0.0800. The first kappa shape index (κ1) is 11.9. The van der Waals surface area contributed by atoms with E-state index < -0.39 is 0 Å². The molecule has 2 nitrogen and oxygen atoms in total. The lowest BCUT2D eigenvalue weighted by atomic mass is 10.1. The first-order valence-electron chi connectivity index (χ1n) is 5.22. The van der Waals surface area contributed by atoms with E-state index in [1.165, 1.54) is 19.4 Å². The van der Waals surface area contributed by atoms with Crippen LogP contribution in [0.2, 0.25) is 0 Å². The smallest absolute Gasteiger partial charge is 0.00767 e. The van der Waals surface area contributed by atoms with Crippen molar-refractivity contribution in [3.8, 4) is 0 Å². The van der Waals surface area contributed by atoms with Crippen LogP contribution in [0, 0.1) is 5.92 Å². The van der Waals surface area contributed by atoms with Crippen molar-refractivity contribution in [3.05, 3.63) is 0 Å². The van der Waals surface area contributed by atoms with Crippen molar-refractivity contribution in [2.75, 3.05) is 26.2 Å². The second-order valence-corrected chi connectivity index (χ2v) is 3.41. The van der Waals surface area contributed by atoms with Gasteiger partial charge in [0.1, 0.15) is 0 Å². The van der Waals surface area contributed by atoms with Crippen molar-refractivity contribution >= 4 is 0 Å². The van der Waals surface area contributed by atoms with Crippen molar-refractivity contribution in [2.45, 2.75) is 33.6 Å². The molecular formula is C10H24N2. The summed E-state index contributed by atoms with van der Waals surface area (Å²) in [6.07, 6.45) is 2.61. The van der Waals surface area contributed by atoms with E-state index in [0.717, 1.165) is 25.6 Å². The summed E-state index contributed by atoms with van der Waals surface area (Å²) in [6.45, 7) is 11.1. The first-order chi connectivity index (χ1) is 5.81. The highest BCUT2D eigenvalue weighted by atomic mass is 14.9. The Morgan fingerprint density at radius 3 is 2.25 bits per heavy atom. The number of likely N-dealkylation sites (N-methyl/N-ethyl adjacent to an activating group) is 1. The highest BCUT2D eigenvalue weighted by molar-refractivity contribution is 4.54. The summed E-state index contributed by atoms with van der Waals surface area (Å²) in [5.74, 6) is 0.872. The molecule has 0 aliphatic heterocycles. The van der Waals surface area contributed by atoms with Crippen LogP contribution in [0.3, 0.4) is 0 Å². The molecule has 0 bridgehead atoms. The van der Waals surface area contributed by atoms with Crippen LogP contribution in [-0.4, -0.2) is 26.2 Å². The van der Waals surface area contributed by atoms with Gasteiger partial charge in [0.15, 0.2) is 0 Å². The van der Waals surface area contributed by atoms with Gasteiger partial charge in [0.25, 0.3) is 0 Å². The third kappa shape index (κ3) is 8.02. The minimum absolute atomic E-state index is 0.872. The van der Waals surface area contributed by atoms with Gasteiger partial charge in [-0.2, -0.15) is 0 Å². The summed E-state index contributed by atoms with van der Waals surface area (Å²) < 4.78 is 0. The van der Waals surface area contributed by atoms with Gasteiger partial charge in [0.05, 0.1) is 0 Å². The predicted octanol–water partition coefficient (Wildman–Crippen LogP) is 1.62. The molecule has 0 saturated heterocycles. The van der Waals surface area contributed by atoms with Crippen LogP contribution >= 0.6 is 0 Å². The molecule has 0 aromatic carbocycles. The molecule has 0 spiro atoms. The summed E-state index contributed by atoms with van der Waals surface area (Å²) in [4.78, 5) is 0. The quantitative estimate of drug-likeness (QED) is 0.544. The zero-order valence-corrected chi connectivity index (χ0v) is 8.82. The lowest BCUT2D eigenvalue weighted by molar-refractivity contribution is 0.485. The van der Waals surface area contributed by atoms with E-state index >= 15 is 0 Å². The van der Waals surface area contributed by atoms with Crippen LogP contribution in [0.25, 0.3) is 0 Å². The molecule has 0 aliphatic rings. The van der Waals surface area contributed by atoms with E-state index in [0.29, 0.717) is 0 Å². The first-order valence-corrected chi connectivity index (χ1v) is 5.22. The fraction of sp³-hybridized carbons (Fsp3) is 1.00. The number of nitrogens with one attached hydrogen (secondary N) is 2. The highest BCUT2D eigenvalue weighted by Gasteiger charge is 1.96. The van der Waals surface area contributed by atoms with Crippen LogP contribution in [0.4, 0.5) is 0 Å². The van der Waals surface area contributed by atoms with Crippen LogP contribution in [-0.2, 0) is 0 Å². The number of rotatable bonds is 8. The molecule has 2 N–H and O–H groups in total. The number of hydrogen-bond acceptors (Lipinski definition) is 2. The molecule has 12 heavy (non-hydrogen) atoms. The second kappa shape index (κ2) is 9.01. The van der Waals surface area contributed by atoms with Crippen LogP contribution in [0.1, 0.15) is 33.6 Å². The van der Waals surface area contributed by atoms with Gasteiger partial charge in [-0.3, -0.25) is 0 Å². The maximum atomic E-state index is 3.42. The Kier molecular flexibility index (Phi) is 8.95. The van der Waals surface area contributed by atoms with E-state index in [-0.39, 0.29) is 0 Å². The van der Waals surface area contributed by atoms with Gasteiger partial charge < -0.3 is 10.6 Å². The molecule has 0 rings (SSSR count). The maximum absolute atomic E-state index is 3.42. The largest absolute Gasteiger partial charge is 0.316 e.